The number of nitro groups is 1. The molecule has 2 aromatic carbocycles. The summed E-state index contributed by atoms with van der Waals surface area (Å²) in [5.41, 5.74) is -0.162. The summed E-state index contributed by atoms with van der Waals surface area (Å²) in [6, 6.07) is 9.53. The summed E-state index contributed by atoms with van der Waals surface area (Å²) in [6.07, 6.45) is 1.18. The Balaban J connectivity index is 2.04. The topological polar surface area (TPSA) is 119 Å². The first kappa shape index (κ1) is 19.2. The summed E-state index contributed by atoms with van der Waals surface area (Å²) in [5, 5.41) is 13.3. The van der Waals surface area contributed by atoms with E-state index < -0.39 is 22.8 Å². The molecule has 0 aromatic heterocycles. The Morgan fingerprint density at radius 2 is 1.93 bits per heavy atom. The lowest BCUT2D eigenvalue weighted by Gasteiger charge is -2.26. The molecule has 1 heterocycles. The van der Waals surface area contributed by atoms with E-state index in [1.54, 1.807) is 18.2 Å². The number of hydrogen-bond acceptors (Lipinski definition) is 6. The van der Waals surface area contributed by atoms with Gasteiger partial charge in [0.1, 0.15) is 5.57 Å². The summed E-state index contributed by atoms with van der Waals surface area (Å²) >= 11 is 3.26. The van der Waals surface area contributed by atoms with E-state index in [-0.39, 0.29) is 28.3 Å². The Hall–Kier alpha value is -3.53. The zero-order chi connectivity index (χ0) is 20.4. The summed E-state index contributed by atoms with van der Waals surface area (Å²) < 4.78 is 5.57. The Kier molecular flexibility index (Phi) is 5.23. The summed E-state index contributed by atoms with van der Waals surface area (Å²) in [6.45, 7) is 0. The van der Waals surface area contributed by atoms with E-state index in [4.69, 9.17) is 4.74 Å². The average molecular weight is 446 g/mol. The number of nitro benzene ring substituents is 1. The minimum Gasteiger partial charge on any atom is -0.490 e. The van der Waals surface area contributed by atoms with Crippen LogP contribution in [0.3, 0.4) is 0 Å². The number of imide groups is 2. The molecule has 0 atom stereocenters. The molecule has 0 unspecified atom stereocenters. The van der Waals surface area contributed by atoms with Crippen LogP contribution in [-0.2, 0) is 9.59 Å². The molecule has 142 valence electrons. The summed E-state index contributed by atoms with van der Waals surface area (Å²) in [4.78, 5) is 48.5. The fourth-order valence-electron chi connectivity index (χ4n) is 2.61. The maximum Gasteiger partial charge on any atom is 0.335 e. The molecule has 1 saturated heterocycles. The van der Waals surface area contributed by atoms with Crippen molar-refractivity contribution in [2.45, 2.75) is 0 Å². The first-order chi connectivity index (χ1) is 13.3. The average Bonchev–Trinajstić information content (AvgIpc) is 2.65. The Morgan fingerprint density at radius 1 is 1.18 bits per heavy atom. The number of urea groups is 1. The number of carbonyl (C=O) groups excluding carboxylic acids is 3. The highest BCUT2D eigenvalue weighted by Gasteiger charge is 2.37. The van der Waals surface area contributed by atoms with Gasteiger partial charge in [0.15, 0.2) is 5.75 Å². The lowest BCUT2D eigenvalue weighted by Crippen LogP contribution is -2.54. The molecule has 0 radical (unpaired) electrons. The molecule has 28 heavy (non-hydrogen) atoms. The van der Waals surface area contributed by atoms with E-state index in [2.05, 4.69) is 21.2 Å². The number of methoxy groups -OCH3 is 1. The van der Waals surface area contributed by atoms with Gasteiger partial charge in [0, 0.05) is 10.5 Å². The highest BCUT2D eigenvalue weighted by Crippen LogP contribution is 2.29. The minimum atomic E-state index is -0.889. The van der Waals surface area contributed by atoms with Gasteiger partial charge in [-0.15, -0.1) is 0 Å². The van der Waals surface area contributed by atoms with Crippen molar-refractivity contribution < 1.29 is 24.0 Å². The normalized spacial score (nSPS) is 15.6. The number of ether oxygens (including phenoxy) is 1. The van der Waals surface area contributed by atoms with Gasteiger partial charge in [-0.05, 0) is 35.9 Å². The number of benzene rings is 2. The van der Waals surface area contributed by atoms with Crippen molar-refractivity contribution >= 4 is 51.2 Å². The van der Waals surface area contributed by atoms with E-state index in [1.807, 2.05) is 0 Å². The molecule has 1 N–H and O–H groups in total. The smallest absolute Gasteiger partial charge is 0.335 e. The quantitative estimate of drug-likeness (QED) is 0.334. The van der Waals surface area contributed by atoms with Crippen LogP contribution in [0.1, 0.15) is 5.56 Å². The van der Waals surface area contributed by atoms with Gasteiger partial charge in [0.2, 0.25) is 0 Å². The molecule has 2 aromatic rings. The van der Waals surface area contributed by atoms with E-state index in [1.165, 1.54) is 37.5 Å². The molecule has 10 heteroatoms. The van der Waals surface area contributed by atoms with E-state index in [0.717, 1.165) is 4.90 Å². The first-order valence-electron chi connectivity index (χ1n) is 7.81. The number of nitrogens with zero attached hydrogens (tertiary/aromatic N) is 2. The van der Waals surface area contributed by atoms with Crippen LogP contribution in [0.2, 0.25) is 0 Å². The second-order valence-electron chi connectivity index (χ2n) is 5.63. The monoisotopic (exact) mass is 445 g/mol. The number of halogens is 1. The lowest BCUT2D eigenvalue weighted by atomic mass is 10.1. The molecule has 3 rings (SSSR count). The second kappa shape index (κ2) is 7.61. The SMILES string of the molecule is COc1ccc(C=C2C(=O)NC(=O)N(c3cccc(Br)c3)C2=O)cc1[N+](=O)[O-]. The molecule has 4 amide bonds. The van der Waals surface area contributed by atoms with Crippen LogP contribution >= 0.6 is 15.9 Å². The fourth-order valence-corrected chi connectivity index (χ4v) is 3.00. The third-order valence-corrected chi connectivity index (χ3v) is 4.37. The third kappa shape index (κ3) is 3.62. The molecule has 1 fully saturated rings. The molecule has 0 spiro atoms. The molecule has 0 aliphatic carbocycles. The highest BCUT2D eigenvalue weighted by molar-refractivity contribution is 9.10. The van der Waals surface area contributed by atoms with Crippen LogP contribution in [0.4, 0.5) is 16.2 Å². The van der Waals surface area contributed by atoms with E-state index in [0.29, 0.717) is 4.47 Å². The summed E-state index contributed by atoms with van der Waals surface area (Å²) in [5.74, 6) is -1.69. The number of amides is 4. The number of carbonyl (C=O) groups is 3. The van der Waals surface area contributed by atoms with Gasteiger partial charge in [0.05, 0.1) is 17.7 Å². The Morgan fingerprint density at radius 3 is 2.57 bits per heavy atom. The third-order valence-electron chi connectivity index (χ3n) is 3.88. The maximum absolute atomic E-state index is 12.8. The van der Waals surface area contributed by atoms with Gasteiger partial charge in [-0.3, -0.25) is 25.0 Å². The fraction of sp³-hybridized carbons (Fsp3) is 0.0556. The van der Waals surface area contributed by atoms with Crippen molar-refractivity contribution in [2.24, 2.45) is 0 Å². The molecular formula is C18H12BrN3O6. The van der Waals surface area contributed by atoms with E-state index >= 15 is 0 Å². The number of rotatable bonds is 4. The minimum absolute atomic E-state index is 0.0394. The molecule has 0 bridgehead atoms. The van der Waals surface area contributed by atoms with Crippen LogP contribution < -0.4 is 15.0 Å². The molecule has 9 nitrogen and oxygen atoms in total. The van der Waals surface area contributed by atoms with Crippen LogP contribution in [-0.4, -0.2) is 29.9 Å². The van der Waals surface area contributed by atoms with E-state index in [9.17, 15) is 24.5 Å². The predicted octanol–water partition coefficient (Wildman–Crippen LogP) is 3.03. The number of anilines is 1. The van der Waals surface area contributed by atoms with Crippen molar-refractivity contribution in [2.75, 3.05) is 12.0 Å². The first-order valence-corrected chi connectivity index (χ1v) is 8.60. The van der Waals surface area contributed by atoms with Gasteiger partial charge in [-0.25, -0.2) is 9.69 Å². The van der Waals surface area contributed by atoms with Gasteiger partial charge >= 0.3 is 11.7 Å². The van der Waals surface area contributed by atoms with Crippen molar-refractivity contribution in [3.63, 3.8) is 0 Å². The molecule has 0 saturated carbocycles. The van der Waals surface area contributed by atoms with Gasteiger partial charge < -0.3 is 4.74 Å². The van der Waals surface area contributed by atoms with Gasteiger partial charge in [-0.1, -0.05) is 28.1 Å². The van der Waals surface area contributed by atoms with Crippen molar-refractivity contribution in [1.82, 2.24) is 5.32 Å². The van der Waals surface area contributed by atoms with Crippen LogP contribution in [0.25, 0.3) is 6.08 Å². The van der Waals surface area contributed by atoms with Crippen molar-refractivity contribution in [1.29, 1.82) is 0 Å². The second-order valence-corrected chi connectivity index (χ2v) is 6.54. The molecule has 1 aliphatic heterocycles. The number of barbiturate groups is 1. The Bertz CT molecular complexity index is 1050. The standard InChI is InChI=1S/C18H12BrN3O6/c1-28-15-6-5-10(8-14(15)22(26)27)7-13-16(23)20-18(25)21(17(13)24)12-4-2-3-11(19)9-12/h2-9H,1H3,(H,20,23,25). The maximum atomic E-state index is 12.8. The zero-order valence-corrected chi connectivity index (χ0v) is 15.9. The Labute approximate surface area is 166 Å². The number of hydrogen-bond donors (Lipinski definition) is 1. The highest BCUT2D eigenvalue weighted by atomic mass is 79.9. The van der Waals surface area contributed by atoms with Crippen molar-refractivity contribution in [3.8, 4) is 5.75 Å². The van der Waals surface area contributed by atoms with Gasteiger partial charge in [-0.2, -0.15) is 0 Å². The molecular weight excluding hydrogens is 434 g/mol. The van der Waals surface area contributed by atoms with Crippen LogP contribution in [0.15, 0.2) is 52.5 Å². The number of nitrogens with one attached hydrogen (secondary N) is 1. The lowest BCUT2D eigenvalue weighted by molar-refractivity contribution is -0.385. The van der Waals surface area contributed by atoms with Gasteiger partial charge in [0.25, 0.3) is 11.8 Å². The van der Waals surface area contributed by atoms with Crippen LogP contribution in [0.5, 0.6) is 5.75 Å². The predicted molar refractivity (Wildman–Crippen MR) is 103 cm³/mol. The largest absolute Gasteiger partial charge is 0.490 e. The van der Waals surface area contributed by atoms with Crippen LogP contribution in [0, 0.1) is 10.1 Å². The summed E-state index contributed by atoms with van der Waals surface area (Å²) in [7, 11) is 1.29. The van der Waals surface area contributed by atoms with Crippen molar-refractivity contribution in [3.05, 3.63) is 68.2 Å². The zero-order valence-electron chi connectivity index (χ0n) is 14.3. The molecule has 1 aliphatic rings.